The summed E-state index contributed by atoms with van der Waals surface area (Å²) in [6, 6.07) is 13.0. The third-order valence-corrected chi connectivity index (χ3v) is 5.92. The molecule has 1 aromatic heterocycles. The summed E-state index contributed by atoms with van der Waals surface area (Å²) in [7, 11) is 2.86. The Labute approximate surface area is 175 Å². The lowest BCUT2D eigenvalue weighted by atomic mass is 9.81. The van der Waals surface area contributed by atoms with Crippen LogP contribution in [0.15, 0.2) is 63.7 Å². The van der Waals surface area contributed by atoms with E-state index >= 15 is 0 Å². The van der Waals surface area contributed by atoms with Gasteiger partial charge in [-0.15, -0.1) is 0 Å². The summed E-state index contributed by atoms with van der Waals surface area (Å²) in [5.41, 5.74) is 0.787. The van der Waals surface area contributed by atoms with Gasteiger partial charge in [-0.3, -0.25) is 28.8 Å². The summed E-state index contributed by atoms with van der Waals surface area (Å²) < 4.78 is 2.23. The van der Waals surface area contributed by atoms with Gasteiger partial charge in [0, 0.05) is 42.4 Å². The molecule has 2 aromatic carbocycles. The van der Waals surface area contributed by atoms with E-state index < -0.39 is 22.1 Å². The SMILES string of the molecule is Cn1c2c(c(=O)n(C)c1=O)C(c1ccccc1[N+](=O)[O-])C1=C(N2)c2ccccc2C1=O. The van der Waals surface area contributed by atoms with Crippen LogP contribution in [0, 0.1) is 10.1 Å². The number of fused-ring (bicyclic) bond motifs is 3. The molecule has 154 valence electrons. The summed E-state index contributed by atoms with van der Waals surface area (Å²) in [5.74, 6) is -1.08. The van der Waals surface area contributed by atoms with Crippen molar-refractivity contribution in [3.8, 4) is 0 Å². The second kappa shape index (κ2) is 6.36. The lowest BCUT2D eigenvalue weighted by molar-refractivity contribution is -0.385. The van der Waals surface area contributed by atoms with Gasteiger partial charge in [-0.05, 0) is 0 Å². The predicted molar refractivity (Wildman–Crippen MR) is 113 cm³/mol. The van der Waals surface area contributed by atoms with Gasteiger partial charge in [0.05, 0.1) is 22.1 Å². The number of rotatable bonds is 2. The number of hydrogen-bond acceptors (Lipinski definition) is 6. The minimum atomic E-state index is -1.00. The van der Waals surface area contributed by atoms with Crippen molar-refractivity contribution in [3.63, 3.8) is 0 Å². The van der Waals surface area contributed by atoms with Crippen molar-refractivity contribution < 1.29 is 9.72 Å². The van der Waals surface area contributed by atoms with Gasteiger partial charge in [0.25, 0.3) is 11.2 Å². The van der Waals surface area contributed by atoms with Gasteiger partial charge in [-0.2, -0.15) is 0 Å². The zero-order valence-corrected chi connectivity index (χ0v) is 16.6. The fraction of sp³-hybridized carbons (Fsp3) is 0.136. The molecule has 0 bridgehead atoms. The highest BCUT2D eigenvalue weighted by molar-refractivity contribution is 6.23. The van der Waals surface area contributed by atoms with Crippen LogP contribution in [0.3, 0.4) is 0 Å². The zero-order chi connectivity index (χ0) is 22.0. The number of hydrogen-bond donors (Lipinski definition) is 1. The van der Waals surface area contributed by atoms with E-state index in [4.69, 9.17) is 0 Å². The number of Topliss-reactive ketones (excluding diaryl/α,β-unsaturated/α-hetero) is 1. The summed E-state index contributed by atoms with van der Waals surface area (Å²) >= 11 is 0. The van der Waals surface area contributed by atoms with Crippen molar-refractivity contribution >= 4 is 23.0 Å². The monoisotopic (exact) mass is 416 g/mol. The van der Waals surface area contributed by atoms with E-state index in [2.05, 4.69) is 5.32 Å². The standard InChI is InChI=1S/C22H16N4O5/c1-24-20-17(21(28)25(2)22(24)29)15(13-9-5-6-10-14(13)26(30)31)16-18(23-20)11-7-3-4-8-12(11)19(16)27/h3-10,15,23H,1-2H3. The Morgan fingerprint density at radius 3 is 2.29 bits per heavy atom. The zero-order valence-electron chi connectivity index (χ0n) is 16.6. The van der Waals surface area contributed by atoms with Crippen LogP contribution in [-0.2, 0) is 14.1 Å². The summed E-state index contributed by atoms with van der Waals surface area (Å²) in [6.07, 6.45) is 0. The molecule has 1 aliphatic carbocycles. The van der Waals surface area contributed by atoms with E-state index in [9.17, 15) is 24.5 Å². The molecule has 1 unspecified atom stereocenters. The van der Waals surface area contributed by atoms with E-state index in [-0.39, 0.29) is 34.0 Å². The molecule has 9 heteroatoms. The molecule has 31 heavy (non-hydrogen) atoms. The Bertz CT molecular complexity index is 1480. The van der Waals surface area contributed by atoms with Gasteiger partial charge in [-0.1, -0.05) is 42.5 Å². The number of nitro benzene ring substituents is 1. The maximum Gasteiger partial charge on any atom is 0.332 e. The molecule has 5 rings (SSSR count). The maximum atomic E-state index is 13.4. The van der Waals surface area contributed by atoms with Crippen LogP contribution in [0.25, 0.3) is 5.70 Å². The Morgan fingerprint density at radius 2 is 1.58 bits per heavy atom. The van der Waals surface area contributed by atoms with Gasteiger partial charge >= 0.3 is 5.69 Å². The second-order valence-corrected chi connectivity index (χ2v) is 7.51. The fourth-order valence-corrected chi connectivity index (χ4v) is 4.47. The number of para-hydroxylation sites is 1. The van der Waals surface area contributed by atoms with Gasteiger partial charge in [0.15, 0.2) is 5.78 Å². The predicted octanol–water partition coefficient (Wildman–Crippen LogP) is 2.16. The average molecular weight is 416 g/mol. The van der Waals surface area contributed by atoms with Gasteiger partial charge in [0.2, 0.25) is 0 Å². The second-order valence-electron chi connectivity index (χ2n) is 7.51. The Hall–Kier alpha value is -4.27. The molecular weight excluding hydrogens is 400 g/mol. The Balaban J connectivity index is 1.93. The first-order chi connectivity index (χ1) is 14.8. The number of nitro groups is 1. The molecule has 0 saturated heterocycles. The molecule has 2 heterocycles. The normalized spacial score (nSPS) is 16.5. The van der Waals surface area contributed by atoms with Gasteiger partial charge < -0.3 is 5.32 Å². The molecule has 0 fully saturated rings. The molecular formula is C22H16N4O5. The quantitative estimate of drug-likeness (QED) is 0.506. The van der Waals surface area contributed by atoms with Crippen molar-refractivity contribution in [1.29, 1.82) is 0 Å². The number of nitrogens with one attached hydrogen (secondary N) is 1. The topological polar surface area (TPSA) is 116 Å². The number of carbonyl (C=O) groups excluding carboxylic acids is 1. The van der Waals surface area contributed by atoms with Crippen molar-refractivity contribution in [3.05, 3.63) is 107 Å². The van der Waals surface area contributed by atoms with Crippen LogP contribution in [-0.4, -0.2) is 19.8 Å². The molecule has 1 N–H and O–H groups in total. The van der Waals surface area contributed by atoms with Crippen molar-refractivity contribution in [2.75, 3.05) is 5.32 Å². The first kappa shape index (κ1) is 18.7. The molecule has 0 spiro atoms. The van der Waals surface area contributed by atoms with Crippen LogP contribution in [0.5, 0.6) is 0 Å². The minimum Gasteiger partial charge on any atom is -0.340 e. The van der Waals surface area contributed by atoms with Gasteiger partial charge in [0.1, 0.15) is 5.82 Å². The molecule has 2 aliphatic rings. The summed E-state index contributed by atoms with van der Waals surface area (Å²) in [6.45, 7) is 0. The van der Waals surface area contributed by atoms with E-state index in [1.54, 1.807) is 36.4 Å². The molecule has 3 aromatic rings. The van der Waals surface area contributed by atoms with Crippen LogP contribution in [0.2, 0.25) is 0 Å². The molecule has 9 nitrogen and oxygen atoms in total. The van der Waals surface area contributed by atoms with E-state index in [1.807, 2.05) is 0 Å². The third kappa shape index (κ3) is 2.40. The number of ketones is 1. The number of carbonyl (C=O) groups is 1. The van der Waals surface area contributed by atoms with Crippen molar-refractivity contribution in [2.24, 2.45) is 14.1 Å². The van der Waals surface area contributed by atoms with Crippen LogP contribution in [0.1, 0.15) is 33.0 Å². The molecule has 0 amide bonds. The lowest BCUT2D eigenvalue weighted by Gasteiger charge is -2.29. The van der Waals surface area contributed by atoms with E-state index in [0.29, 0.717) is 16.8 Å². The lowest BCUT2D eigenvalue weighted by Crippen LogP contribution is -2.42. The fourth-order valence-electron chi connectivity index (χ4n) is 4.47. The summed E-state index contributed by atoms with van der Waals surface area (Å²) in [4.78, 5) is 50.5. The highest BCUT2D eigenvalue weighted by Crippen LogP contribution is 2.49. The molecule has 0 radical (unpaired) electrons. The summed E-state index contributed by atoms with van der Waals surface area (Å²) in [5, 5.41) is 14.9. The minimum absolute atomic E-state index is 0.124. The van der Waals surface area contributed by atoms with Gasteiger partial charge in [-0.25, -0.2) is 4.79 Å². The molecule has 1 atom stereocenters. The maximum absolute atomic E-state index is 13.4. The number of aromatic nitrogens is 2. The van der Waals surface area contributed by atoms with Crippen molar-refractivity contribution in [2.45, 2.75) is 5.92 Å². The molecule has 1 aliphatic heterocycles. The molecule has 0 saturated carbocycles. The number of allylic oxidation sites excluding steroid dienone is 1. The largest absolute Gasteiger partial charge is 0.340 e. The Morgan fingerprint density at radius 1 is 0.935 bits per heavy atom. The number of anilines is 1. The third-order valence-electron chi connectivity index (χ3n) is 5.92. The number of nitrogens with zero attached hydrogens (tertiary/aromatic N) is 3. The van der Waals surface area contributed by atoms with Crippen LogP contribution >= 0.6 is 0 Å². The van der Waals surface area contributed by atoms with E-state index in [0.717, 1.165) is 4.57 Å². The van der Waals surface area contributed by atoms with Crippen LogP contribution in [0.4, 0.5) is 11.5 Å². The average Bonchev–Trinajstić information content (AvgIpc) is 3.07. The first-order valence-corrected chi connectivity index (χ1v) is 9.51. The van der Waals surface area contributed by atoms with Crippen LogP contribution < -0.4 is 16.6 Å². The Kier molecular flexibility index (Phi) is 3.85. The first-order valence-electron chi connectivity index (χ1n) is 9.51. The number of benzene rings is 2. The highest BCUT2D eigenvalue weighted by atomic mass is 16.6. The smallest absolute Gasteiger partial charge is 0.332 e. The highest BCUT2D eigenvalue weighted by Gasteiger charge is 2.44. The van der Waals surface area contributed by atoms with Crippen molar-refractivity contribution in [1.82, 2.24) is 9.13 Å². The van der Waals surface area contributed by atoms with E-state index in [1.165, 1.54) is 30.8 Å².